The molecule has 2 nitrogen and oxygen atoms in total. The Bertz CT molecular complexity index is 415. The monoisotopic (exact) mass is 248 g/mol. The quantitative estimate of drug-likeness (QED) is 0.822. The maximum atomic E-state index is 4.06. The Balaban J connectivity index is 2.19. The maximum absolute atomic E-state index is 4.06. The fraction of sp³-hybridized carbons (Fsp3) is 0. The highest BCUT2D eigenvalue weighted by Crippen LogP contribution is 2.17. The van der Waals surface area contributed by atoms with Gasteiger partial charge in [0, 0.05) is 17.6 Å². The van der Waals surface area contributed by atoms with Crippen molar-refractivity contribution < 1.29 is 0 Å². The number of nitrogens with one attached hydrogen (secondary N) is 1. The number of aromatic nitrogens is 1. The van der Waals surface area contributed by atoms with Crippen LogP contribution in [0.3, 0.4) is 0 Å². The topological polar surface area (TPSA) is 24.9 Å². The molecule has 0 atom stereocenters. The Morgan fingerprint density at radius 2 is 1.79 bits per heavy atom. The minimum absolute atomic E-state index is 0.832. The fourth-order valence-electron chi connectivity index (χ4n) is 1.17. The Labute approximate surface area is 91.1 Å². The molecule has 1 N–H and O–H groups in total. The third-order valence-electron chi connectivity index (χ3n) is 1.79. The summed E-state index contributed by atoms with van der Waals surface area (Å²) in [5.74, 6) is 0. The molecule has 0 saturated heterocycles. The molecule has 0 aliphatic carbocycles. The van der Waals surface area contributed by atoms with E-state index in [-0.39, 0.29) is 0 Å². The van der Waals surface area contributed by atoms with E-state index in [0.29, 0.717) is 0 Å². The van der Waals surface area contributed by atoms with Gasteiger partial charge in [-0.3, -0.25) is 0 Å². The second-order valence-corrected chi connectivity index (χ2v) is 3.67. The molecule has 1 aromatic carbocycles. The molecule has 2 aromatic rings. The molecule has 0 saturated carbocycles. The van der Waals surface area contributed by atoms with E-state index in [9.17, 15) is 0 Å². The first-order chi connectivity index (χ1) is 6.84. The van der Waals surface area contributed by atoms with Gasteiger partial charge in [0.2, 0.25) is 0 Å². The highest BCUT2D eigenvalue weighted by atomic mass is 79.9. The minimum atomic E-state index is 0.832. The largest absolute Gasteiger partial charge is 0.355 e. The average molecular weight is 249 g/mol. The van der Waals surface area contributed by atoms with Crippen molar-refractivity contribution in [3.8, 4) is 0 Å². The van der Waals surface area contributed by atoms with E-state index in [1.54, 1.807) is 6.20 Å². The van der Waals surface area contributed by atoms with Gasteiger partial charge in [0.1, 0.15) is 4.60 Å². The number of pyridine rings is 1. The molecular formula is C11H9BrN2. The average Bonchev–Trinajstić information content (AvgIpc) is 2.19. The Hall–Kier alpha value is -1.35. The van der Waals surface area contributed by atoms with Gasteiger partial charge in [-0.25, -0.2) is 4.98 Å². The number of rotatable bonds is 2. The number of hydrogen-bond donors (Lipinski definition) is 1. The van der Waals surface area contributed by atoms with Crippen LogP contribution >= 0.6 is 15.9 Å². The number of para-hydroxylation sites is 1. The van der Waals surface area contributed by atoms with Gasteiger partial charge in [0.05, 0.1) is 0 Å². The lowest BCUT2D eigenvalue weighted by Crippen LogP contribution is -1.89. The zero-order valence-corrected chi connectivity index (χ0v) is 9.03. The number of halogens is 1. The molecule has 2 rings (SSSR count). The lowest BCUT2D eigenvalue weighted by atomic mass is 10.3. The van der Waals surface area contributed by atoms with Crippen LogP contribution in [0.1, 0.15) is 0 Å². The lowest BCUT2D eigenvalue weighted by Gasteiger charge is -2.05. The second kappa shape index (κ2) is 4.24. The summed E-state index contributed by atoms with van der Waals surface area (Å²) < 4.78 is 0.832. The van der Waals surface area contributed by atoms with Crippen molar-refractivity contribution in [3.05, 3.63) is 53.3 Å². The highest BCUT2D eigenvalue weighted by molar-refractivity contribution is 9.10. The Morgan fingerprint density at radius 3 is 2.50 bits per heavy atom. The predicted octanol–water partition coefficient (Wildman–Crippen LogP) is 3.59. The van der Waals surface area contributed by atoms with Crippen molar-refractivity contribution in [2.75, 3.05) is 5.32 Å². The predicted molar refractivity (Wildman–Crippen MR) is 61.7 cm³/mol. The van der Waals surface area contributed by atoms with Crippen molar-refractivity contribution in [1.29, 1.82) is 0 Å². The molecule has 0 aliphatic heterocycles. The maximum Gasteiger partial charge on any atom is 0.108 e. The van der Waals surface area contributed by atoms with E-state index in [0.717, 1.165) is 16.0 Å². The third kappa shape index (κ3) is 2.33. The van der Waals surface area contributed by atoms with Gasteiger partial charge in [-0.05, 0) is 40.2 Å². The molecular weight excluding hydrogens is 240 g/mol. The SMILES string of the molecule is Brc1cc(Nc2ccccc2)ccn1. The van der Waals surface area contributed by atoms with Crippen molar-refractivity contribution in [2.24, 2.45) is 0 Å². The van der Waals surface area contributed by atoms with Gasteiger partial charge in [0.15, 0.2) is 0 Å². The van der Waals surface area contributed by atoms with Gasteiger partial charge in [-0.1, -0.05) is 18.2 Å². The summed E-state index contributed by atoms with van der Waals surface area (Å²) in [4.78, 5) is 4.06. The first kappa shape index (κ1) is 9.21. The van der Waals surface area contributed by atoms with Gasteiger partial charge in [0.25, 0.3) is 0 Å². The third-order valence-corrected chi connectivity index (χ3v) is 2.22. The van der Waals surface area contributed by atoms with Crippen LogP contribution in [0, 0.1) is 0 Å². The minimum Gasteiger partial charge on any atom is -0.355 e. The number of anilines is 2. The van der Waals surface area contributed by atoms with Crippen molar-refractivity contribution in [2.45, 2.75) is 0 Å². The van der Waals surface area contributed by atoms with E-state index in [1.807, 2.05) is 42.5 Å². The second-order valence-electron chi connectivity index (χ2n) is 2.86. The summed E-state index contributed by atoms with van der Waals surface area (Å²) in [5, 5.41) is 3.27. The molecule has 0 amide bonds. The highest BCUT2D eigenvalue weighted by Gasteiger charge is 1.94. The van der Waals surface area contributed by atoms with Crippen LogP contribution in [0.4, 0.5) is 11.4 Å². The molecule has 1 heterocycles. The van der Waals surface area contributed by atoms with E-state index in [2.05, 4.69) is 26.2 Å². The molecule has 0 aliphatic rings. The number of nitrogens with zero attached hydrogens (tertiary/aromatic N) is 1. The van der Waals surface area contributed by atoms with Crippen LogP contribution < -0.4 is 5.32 Å². The summed E-state index contributed by atoms with van der Waals surface area (Å²) in [6, 6.07) is 13.9. The molecule has 0 spiro atoms. The van der Waals surface area contributed by atoms with Crippen LogP contribution in [0.5, 0.6) is 0 Å². The normalized spacial score (nSPS) is 9.79. The Morgan fingerprint density at radius 1 is 1.00 bits per heavy atom. The lowest BCUT2D eigenvalue weighted by molar-refractivity contribution is 1.27. The van der Waals surface area contributed by atoms with Crippen molar-refractivity contribution in [3.63, 3.8) is 0 Å². The summed E-state index contributed by atoms with van der Waals surface area (Å²) >= 11 is 3.32. The molecule has 0 fully saturated rings. The first-order valence-corrected chi connectivity index (χ1v) is 5.07. The number of benzene rings is 1. The van der Waals surface area contributed by atoms with Gasteiger partial charge in [-0.2, -0.15) is 0 Å². The van der Waals surface area contributed by atoms with Gasteiger partial charge in [-0.15, -0.1) is 0 Å². The van der Waals surface area contributed by atoms with Crippen LogP contribution in [0.25, 0.3) is 0 Å². The van der Waals surface area contributed by atoms with Crippen LogP contribution in [-0.2, 0) is 0 Å². The molecule has 0 bridgehead atoms. The zero-order valence-electron chi connectivity index (χ0n) is 7.44. The summed E-state index contributed by atoms with van der Waals surface area (Å²) in [5.41, 5.74) is 2.10. The zero-order chi connectivity index (χ0) is 9.80. The van der Waals surface area contributed by atoms with E-state index >= 15 is 0 Å². The fourth-order valence-corrected chi connectivity index (χ4v) is 1.53. The summed E-state index contributed by atoms with van der Waals surface area (Å²) in [6.45, 7) is 0. The Kier molecular flexibility index (Phi) is 2.79. The van der Waals surface area contributed by atoms with Gasteiger partial charge >= 0.3 is 0 Å². The van der Waals surface area contributed by atoms with Gasteiger partial charge < -0.3 is 5.32 Å². The number of hydrogen-bond acceptors (Lipinski definition) is 2. The van der Waals surface area contributed by atoms with Crippen LogP contribution in [0.15, 0.2) is 53.3 Å². The molecule has 0 unspecified atom stereocenters. The summed E-state index contributed by atoms with van der Waals surface area (Å²) in [7, 11) is 0. The molecule has 70 valence electrons. The smallest absolute Gasteiger partial charge is 0.108 e. The van der Waals surface area contributed by atoms with E-state index in [4.69, 9.17) is 0 Å². The van der Waals surface area contributed by atoms with E-state index in [1.165, 1.54) is 0 Å². The molecule has 1 aromatic heterocycles. The standard InChI is InChI=1S/C11H9BrN2/c12-11-8-10(6-7-13-11)14-9-4-2-1-3-5-9/h1-8H,(H,13,14). The summed E-state index contributed by atoms with van der Waals surface area (Å²) in [6.07, 6.45) is 1.76. The van der Waals surface area contributed by atoms with Crippen molar-refractivity contribution in [1.82, 2.24) is 4.98 Å². The molecule has 14 heavy (non-hydrogen) atoms. The van der Waals surface area contributed by atoms with E-state index < -0.39 is 0 Å². The van der Waals surface area contributed by atoms with Crippen LogP contribution in [-0.4, -0.2) is 4.98 Å². The first-order valence-electron chi connectivity index (χ1n) is 4.28. The molecule has 0 radical (unpaired) electrons. The van der Waals surface area contributed by atoms with Crippen LogP contribution in [0.2, 0.25) is 0 Å². The molecule has 3 heteroatoms. The van der Waals surface area contributed by atoms with Crippen molar-refractivity contribution >= 4 is 27.3 Å².